The Kier molecular flexibility index (Phi) is 5.15. The van der Waals surface area contributed by atoms with Crippen molar-refractivity contribution in [3.63, 3.8) is 0 Å². The van der Waals surface area contributed by atoms with E-state index in [-0.39, 0.29) is 12.8 Å². The van der Waals surface area contributed by atoms with Gasteiger partial charge in [-0.15, -0.1) is 11.3 Å². The predicted octanol–water partition coefficient (Wildman–Crippen LogP) is 2.57. The number of benzene rings is 1. The first-order valence-corrected chi connectivity index (χ1v) is 10.9. The van der Waals surface area contributed by atoms with Gasteiger partial charge in [0.15, 0.2) is 19.7 Å². The molecule has 6 nitrogen and oxygen atoms in total. The third kappa shape index (κ3) is 3.57. The van der Waals surface area contributed by atoms with Gasteiger partial charge in [-0.25, -0.2) is 13.4 Å². The van der Waals surface area contributed by atoms with Gasteiger partial charge in [0.25, 0.3) is 0 Å². The number of nitrogens with one attached hydrogen (secondary N) is 2. The van der Waals surface area contributed by atoms with Gasteiger partial charge in [0.1, 0.15) is 0 Å². The van der Waals surface area contributed by atoms with Gasteiger partial charge in [0.2, 0.25) is 5.91 Å². The van der Waals surface area contributed by atoms with E-state index in [1.165, 1.54) is 11.3 Å². The molecule has 2 heterocycles. The Balaban J connectivity index is 1.85. The molecule has 1 amide bonds. The predicted molar refractivity (Wildman–Crippen MR) is 101 cm³/mol. The third-order valence-corrected chi connectivity index (χ3v) is 7.51. The quantitative estimate of drug-likeness (QED) is 0.824. The van der Waals surface area contributed by atoms with Crippen molar-refractivity contribution in [2.45, 2.75) is 17.6 Å². The maximum Gasteiger partial charge on any atom is 0.247 e. The number of sulfone groups is 1. The first-order valence-electron chi connectivity index (χ1n) is 7.76. The summed E-state index contributed by atoms with van der Waals surface area (Å²) in [7, 11) is -3.56. The Morgan fingerprint density at radius 2 is 2.00 bits per heavy atom. The number of piperidine rings is 1. The van der Waals surface area contributed by atoms with Crippen LogP contribution in [0.15, 0.2) is 29.6 Å². The molecule has 0 atom stereocenters. The fraction of sp³-hybridized carbons (Fsp3) is 0.375. The lowest BCUT2D eigenvalue weighted by atomic mass is 9.96. The molecule has 3 rings (SSSR count). The van der Waals surface area contributed by atoms with Gasteiger partial charge in [-0.2, -0.15) is 0 Å². The highest BCUT2D eigenvalue weighted by atomic mass is 35.5. The lowest BCUT2D eigenvalue weighted by Gasteiger charge is -2.33. The zero-order chi connectivity index (χ0) is 18.1. The van der Waals surface area contributed by atoms with E-state index in [9.17, 15) is 13.2 Å². The Labute approximate surface area is 155 Å². The Morgan fingerprint density at radius 1 is 1.32 bits per heavy atom. The van der Waals surface area contributed by atoms with E-state index in [1.807, 2.05) is 18.2 Å². The molecule has 2 aromatic rings. The maximum atomic E-state index is 12.8. The van der Waals surface area contributed by atoms with E-state index < -0.39 is 20.5 Å². The zero-order valence-corrected chi connectivity index (χ0v) is 16.0. The van der Waals surface area contributed by atoms with E-state index in [0.717, 1.165) is 11.8 Å². The molecule has 25 heavy (non-hydrogen) atoms. The van der Waals surface area contributed by atoms with Gasteiger partial charge in [-0.05, 0) is 32.0 Å². The van der Waals surface area contributed by atoms with E-state index in [2.05, 4.69) is 15.6 Å². The maximum absolute atomic E-state index is 12.8. The number of nitrogens with zero attached hydrogens (tertiary/aromatic N) is 1. The molecule has 0 unspecified atom stereocenters. The molecule has 1 saturated heterocycles. The average Bonchev–Trinajstić information content (AvgIpc) is 3.03. The summed E-state index contributed by atoms with van der Waals surface area (Å²) in [5.74, 6) is -0.517. The fourth-order valence-corrected chi connectivity index (χ4v) is 5.20. The highest BCUT2D eigenvalue weighted by Crippen LogP contribution is 2.33. The summed E-state index contributed by atoms with van der Waals surface area (Å²) < 4.78 is 23.2. The number of hydrogen-bond acceptors (Lipinski definition) is 6. The van der Waals surface area contributed by atoms with E-state index in [4.69, 9.17) is 11.6 Å². The normalized spacial score (nSPS) is 17.2. The summed E-state index contributed by atoms with van der Waals surface area (Å²) in [5, 5.41) is 8.49. The number of rotatable bonds is 4. The number of hydrogen-bond donors (Lipinski definition) is 2. The minimum atomic E-state index is -3.56. The standard InChI is InChI=1S/C16H18ClN3O3S2/c1-25(22,23)16(6-8-18-9-7-16)14(21)20-15-19-13(10-24-15)11-4-2-3-5-12(11)17/h2-5,10,18H,6-9H2,1H3,(H,19,20,21). The van der Waals surface area contributed by atoms with Crippen LogP contribution in [0.3, 0.4) is 0 Å². The highest BCUT2D eigenvalue weighted by molar-refractivity contribution is 7.92. The second kappa shape index (κ2) is 7.03. The van der Waals surface area contributed by atoms with Crippen LogP contribution >= 0.6 is 22.9 Å². The molecule has 0 bridgehead atoms. The van der Waals surface area contributed by atoms with Crippen molar-refractivity contribution in [2.75, 3.05) is 24.7 Å². The van der Waals surface area contributed by atoms with E-state index in [0.29, 0.717) is 28.9 Å². The Morgan fingerprint density at radius 3 is 2.64 bits per heavy atom. The van der Waals surface area contributed by atoms with Crippen LogP contribution in [0, 0.1) is 0 Å². The molecular formula is C16H18ClN3O3S2. The topological polar surface area (TPSA) is 88.2 Å². The summed E-state index contributed by atoms with van der Waals surface area (Å²) >= 11 is 7.41. The monoisotopic (exact) mass is 399 g/mol. The lowest BCUT2D eigenvalue weighted by Crippen LogP contribution is -2.55. The Hall–Kier alpha value is -1.48. The minimum absolute atomic E-state index is 0.250. The van der Waals surface area contributed by atoms with Crippen LogP contribution in [0.4, 0.5) is 5.13 Å². The van der Waals surface area contributed by atoms with Crippen molar-refractivity contribution in [2.24, 2.45) is 0 Å². The fourth-order valence-electron chi connectivity index (χ4n) is 2.93. The van der Waals surface area contributed by atoms with Crippen molar-refractivity contribution >= 4 is 43.8 Å². The van der Waals surface area contributed by atoms with Gasteiger partial charge in [0, 0.05) is 22.2 Å². The summed E-state index contributed by atoms with van der Waals surface area (Å²) in [6.45, 7) is 0.979. The molecule has 2 N–H and O–H groups in total. The average molecular weight is 400 g/mol. The summed E-state index contributed by atoms with van der Waals surface area (Å²) in [6, 6.07) is 7.29. The van der Waals surface area contributed by atoms with Gasteiger partial charge >= 0.3 is 0 Å². The van der Waals surface area contributed by atoms with Gasteiger partial charge < -0.3 is 10.6 Å². The van der Waals surface area contributed by atoms with Crippen molar-refractivity contribution in [3.05, 3.63) is 34.7 Å². The number of amides is 1. The van der Waals surface area contributed by atoms with E-state index in [1.54, 1.807) is 11.4 Å². The summed E-state index contributed by atoms with van der Waals surface area (Å²) in [5.41, 5.74) is 1.41. The molecule has 1 aromatic heterocycles. The third-order valence-electron chi connectivity index (χ3n) is 4.41. The number of anilines is 1. The number of carbonyl (C=O) groups is 1. The van der Waals surface area contributed by atoms with E-state index >= 15 is 0 Å². The molecule has 1 fully saturated rings. The first-order chi connectivity index (χ1) is 11.8. The van der Waals surface area contributed by atoms with Gasteiger partial charge in [-0.3, -0.25) is 4.79 Å². The van der Waals surface area contributed by atoms with Crippen LogP contribution in [0.25, 0.3) is 11.3 Å². The van der Waals surface area contributed by atoms with Crippen molar-refractivity contribution in [1.82, 2.24) is 10.3 Å². The number of aromatic nitrogens is 1. The molecule has 0 radical (unpaired) electrons. The largest absolute Gasteiger partial charge is 0.317 e. The summed E-state index contributed by atoms with van der Waals surface area (Å²) in [4.78, 5) is 17.2. The summed E-state index contributed by atoms with van der Waals surface area (Å²) in [6.07, 6.45) is 1.62. The van der Waals surface area contributed by atoms with Crippen molar-refractivity contribution in [1.29, 1.82) is 0 Å². The highest BCUT2D eigenvalue weighted by Gasteiger charge is 2.48. The van der Waals surface area contributed by atoms with Gasteiger partial charge in [0.05, 0.1) is 5.69 Å². The first kappa shape index (κ1) is 18.3. The van der Waals surface area contributed by atoms with Crippen molar-refractivity contribution in [3.8, 4) is 11.3 Å². The smallest absolute Gasteiger partial charge is 0.247 e. The van der Waals surface area contributed by atoms with Crippen LogP contribution in [-0.2, 0) is 14.6 Å². The number of thiazole rings is 1. The van der Waals surface area contributed by atoms with Crippen LogP contribution in [0.2, 0.25) is 5.02 Å². The molecular weight excluding hydrogens is 382 g/mol. The lowest BCUT2D eigenvalue weighted by molar-refractivity contribution is -0.119. The van der Waals surface area contributed by atoms with Gasteiger partial charge in [-0.1, -0.05) is 29.8 Å². The molecule has 0 spiro atoms. The molecule has 1 aliphatic rings. The molecule has 1 aliphatic heterocycles. The van der Waals surface area contributed by atoms with Crippen LogP contribution in [-0.4, -0.2) is 43.4 Å². The molecule has 1 aromatic carbocycles. The van der Waals surface area contributed by atoms with Crippen LogP contribution in [0.1, 0.15) is 12.8 Å². The second-order valence-electron chi connectivity index (χ2n) is 5.99. The zero-order valence-electron chi connectivity index (χ0n) is 13.6. The molecule has 0 aliphatic carbocycles. The van der Waals surface area contributed by atoms with Crippen LogP contribution in [0.5, 0.6) is 0 Å². The minimum Gasteiger partial charge on any atom is -0.317 e. The second-order valence-corrected chi connectivity index (χ2v) is 9.58. The number of halogens is 1. The molecule has 9 heteroatoms. The molecule has 134 valence electrons. The number of carbonyl (C=O) groups excluding carboxylic acids is 1. The Bertz CT molecular complexity index is 890. The van der Waals surface area contributed by atoms with Crippen LogP contribution < -0.4 is 10.6 Å². The molecule has 0 saturated carbocycles. The SMILES string of the molecule is CS(=O)(=O)C1(C(=O)Nc2nc(-c3ccccc3Cl)cs2)CCNCC1. The van der Waals surface area contributed by atoms with Crippen molar-refractivity contribution < 1.29 is 13.2 Å².